The lowest BCUT2D eigenvalue weighted by atomic mass is 10.2. The lowest BCUT2D eigenvalue weighted by molar-refractivity contribution is -0.145. The number of hydrogen-bond acceptors (Lipinski definition) is 4. The zero-order valence-corrected chi connectivity index (χ0v) is 13.7. The monoisotopic (exact) mass is 351 g/mol. The summed E-state index contributed by atoms with van der Waals surface area (Å²) in [5.74, 6) is -1.62. The van der Waals surface area contributed by atoms with Crippen molar-refractivity contribution in [2.24, 2.45) is 0 Å². The Labute approximate surface area is 143 Å². The molecule has 0 aliphatic carbocycles. The van der Waals surface area contributed by atoms with Crippen LogP contribution in [0.4, 0.5) is 4.39 Å². The molecule has 0 fully saturated rings. The van der Waals surface area contributed by atoms with Crippen LogP contribution in [0.2, 0.25) is 0 Å². The molecule has 1 unspecified atom stereocenters. The van der Waals surface area contributed by atoms with Gasteiger partial charge in [-0.15, -0.1) is 11.3 Å². The van der Waals surface area contributed by atoms with Gasteiger partial charge in [-0.2, -0.15) is 0 Å². The molecular weight excluding hydrogens is 333 g/mol. The Hall–Kier alpha value is -2.41. The largest absolute Gasteiger partial charge is 0.478 e. The first kappa shape index (κ1) is 17.9. The summed E-state index contributed by atoms with van der Waals surface area (Å²) in [6, 6.07) is 9.01. The van der Waals surface area contributed by atoms with E-state index < -0.39 is 17.9 Å². The van der Waals surface area contributed by atoms with Crippen molar-refractivity contribution in [1.82, 2.24) is 5.32 Å². The summed E-state index contributed by atoms with van der Waals surface area (Å²) in [6.45, 7) is -0.148. The van der Waals surface area contributed by atoms with Crippen molar-refractivity contribution in [3.05, 3.63) is 52.5 Å². The molecule has 24 heavy (non-hydrogen) atoms. The van der Waals surface area contributed by atoms with E-state index in [0.717, 1.165) is 6.42 Å². The van der Waals surface area contributed by atoms with Crippen LogP contribution in [0.25, 0.3) is 0 Å². The summed E-state index contributed by atoms with van der Waals surface area (Å²) in [4.78, 5) is 24.2. The summed E-state index contributed by atoms with van der Waals surface area (Å²) in [6.07, 6.45) is 0.611. The highest BCUT2D eigenvalue weighted by atomic mass is 32.1. The van der Waals surface area contributed by atoms with E-state index in [1.165, 1.54) is 29.1 Å². The van der Waals surface area contributed by atoms with E-state index in [-0.39, 0.29) is 18.2 Å². The number of nitrogens with one attached hydrogen (secondary N) is 1. The average Bonchev–Trinajstić information content (AvgIpc) is 3.06. The maximum absolute atomic E-state index is 12.8. The van der Waals surface area contributed by atoms with Gasteiger partial charge in [0.05, 0.1) is 6.54 Å². The van der Waals surface area contributed by atoms with Crippen LogP contribution in [0, 0.1) is 5.82 Å². The minimum Gasteiger partial charge on any atom is -0.478 e. The summed E-state index contributed by atoms with van der Waals surface area (Å²) in [5, 5.41) is 13.7. The molecule has 128 valence electrons. The van der Waals surface area contributed by atoms with Crippen LogP contribution in [0.3, 0.4) is 0 Å². The number of benzene rings is 1. The van der Waals surface area contributed by atoms with Crippen LogP contribution in [0.5, 0.6) is 5.75 Å². The molecule has 0 bridgehead atoms. The third-order valence-electron chi connectivity index (χ3n) is 3.26. The van der Waals surface area contributed by atoms with Gasteiger partial charge in [0.1, 0.15) is 11.6 Å². The lowest BCUT2D eigenvalue weighted by Crippen LogP contribution is -2.40. The molecule has 0 spiro atoms. The molecule has 0 aliphatic heterocycles. The fraction of sp³-hybridized carbons (Fsp3) is 0.294. The second kappa shape index (κ2) is 9.02. The summed E-state index contributed by atoms with van der Waals surface area (Å²) in [5.41, 5.74) is 0. The van der Waals surface area contributed by atoms with E-state index in [1.54, 1.807) is 11.3 Å². The molecule has 0 saturated heterocycles. The quantitative estimate of drug-likeness (QED) is 0.728. The second-order valence-corrected chi connectivity index (χ2v) is 6.17. The maximum atomic E-state index is 12.8. The van der Waals surface area contributed by atoms with E-state index >= 15 is 0 Å². The predicted molar refractivity (Wildman–Crippen MR) is 88.7 cm³/mol. The molecule has 0 aliphatic rings. The highest BCUT2D eigenvalue weighted by molar-refractivity contribution is 7.09. The summed E-state index contributed by atoms with van der Waals surface area (Å²) >= 11 is 1.64. The van der Waals surface area contributed by atoms with Crippen LogP contribution < -0.4 is 10.1 Å². The fourth-order valence-electron chi connectivity index (χ4n) is 2.03. The van der Waals surface area contributed by atoms with Gasteiger partial charge >= 0.3 is 5.97 Å². The topological polar surface area (TPSA) is 75.6 Å². The summed E-state index contributed by atoms with van der Waals surface area (Å²) in [7, 11) is 0. The van der Waals surface area contributed by atoms with Crippen molar-refractivity contribution in [2.45, 2.75) is 25.4 Å². The first-order valence-electron chi connectivity index (χ1n) is 7.48. The maximum Gasteiger partial charge on any atom is 0.346 e. The van der Waals surface area contributed by atoms with E-state index in [4.69, 9.17) is 9.84 Å². The van der Waals surface area contributed by atoms with Gasteiger partial charge < -0.3 is 15.2 Å². The van der Waals surface area contributed by atoms with E-state index in [0.29, 0.717) is 12.8 Å². The van der Waals surface area contributed by atoms with Crippen molar-refractivity contribution in [3.63, 3.8) is 0 Å². The first-order chi connectivity index (χ1) is 11.5. The van der Waals surface area contributed by atoms with Crippen molar-refractivity contribution < 1.29 is 23.8 Å². The molecular formula is C17H18FNO4S. The highest BCUT2D eigenvalue weighted by Crippen LogP contribution is 2.14. The van der Waals surface area contributed by atoms with Crippen LogP contribution in [0.1, 0.15) is 17.7 Å². The number of carbonyl (C=O) groups excluding carboxylic acids is 1. The van der Waals surface area contributed by atoms with Gasteiger partial charge in [0.25, 0.3) is 0 Å². The number of carboxylic acids is 1. The number of halogens is 1. The van der Waals surface area contributed by atoms with Gasteiger partial charge in [0, 0.05) is 11.3 Å². The van der Waals surface area contributed by atoms with Crippen molar-refractivity contribution in [3.8, 4) is 5.75 Å². The smallest absolute Gasteiger partial charge is 0.346 e. The number of carboxylic acid groups (broad SMARTS) is 1. The molecule has 2 rings (SSSR count). The van der Waals surface area contributed by atoms with Gasteiger partial charge in [-0.3, -0.25) is 4.79 Å². The third-order valence-corrected chi connectivity index (χ3v) is 4.20. The van der Waals surface area contributed by atoms with Gasteiger partial charge in [-0.25, -0.2) is 9.18 Å². The minimum absolute atomic E-state index is 0.148. The molecule has 1 amide bonds. The van der Waals surface area contributed by atoms with Gasteiger partial charge in [-0.05, 0) is 48.6 Å². The Bertz CT molecular complexity index is 658. The molecule has 1 aromatic heterocycles. The first-order valence-corrected chi connectivity index (χ1v) is 8.36. The highest BCUT2D eigenvalue weighted by Gasteiger charge is 2.20. The number of ether oxygens (including phenoxy) is 1. The molecule has 0 saturated carbocycles. The number of aliphatic carboxylic acids is 1. The van der Waals surface area contributed by atoms with Crippen LogP contribution in [0.15, 0.2) is 41.8 Å². The Morgan fingerprint density at radius 1 is 1.25 bits per heavy atom. The molecule has 5 nitrogen and oxygen atoms in total. The van der Waals surface area contributed by atoms with Gasteiger partial charge in [-0.1, -0.05) is 6.07 Å². The average molecular weight is 351 g/mol. The summed E-state index contributed by atoms with van der Waals surface area (Å²) < 4.78 is 18.1. The van der Waals surface area contributed by atoms with Crippen molar-refractivity contribution >= 4 is 23.2 Å². The Balaban J connectivity index is 1.74. The molecule has 7 heteroatoms. The molecule has 1 heterocycles. The van der Waals surface area contributed by atoms with Crippen LogP contribution in [-0.2, 0) is 16.0 Å². The number of rotatable bonds is 9. The number of amides is 1. The van der Waals surface area contributed by atoms with E-state index in [2.05, 4.69) is 5.32 Å². The zero-order valence-electron chi connectivity index (χ0n) is 12.9. The molecule has 2 aromatic rings. The molecule has 1 aromatic carbocycles. The third kappa shape index (κ3) is 6.00. The number of hydrogen-bond donors (Lipinski definition) is 2. The number of thiophene rings is 1. The normalized spacial score (nSPS) is 11.7. The fourth-order valence-corrected chi connectivity index (χ4v) is 2.78. The van der Waals surface area contributed by atoms with E-state index in [9.17, 15) is 14.0 Å². The SMILES string of the molecule is O=C(CCCc1cccs1)NCC(Oc1ccc(F)cc1)C(=O)O. The number of carbonyl (C=O) groups is 2. The van der Waals surface area contributed by atoms with Gasteiger partial charge in [0.2, 0.25) is 12.0 Å². The number of aryl methyl sites for hydroxylation is 1. The minimum atomic E-state index is -1.23. The molecule has 1 atom stereocenters. The molecule has 2 N–H and O–H groups in total. The van der Waals surface area contributed by atoms with Crippen LogP contribution in [-0.4, -0.2) is 29.6 Å². The lowest BCUT2D eigenvalue weighted by Gasteiger charge is -2.15. The standard InChI is InChI=1S/C17H18FNO4S/c18-12-6-8-13(9-7-12)23-15(17(21)22)11-19-16(20)5-1-3-14-4-2-10-24-14/h2,4,6-10,15H,1,3,5,11H2,(H,19,20)(H,21,22). The Kier molecular flexibility index (Phi) is 6.74. The van der Waals surface area contributed by atoms with E-state index in [1.807, 2.05) is 17.5 Å². The Morgan fingerprint density at radius 3 is 2.62 bits per heavy atom. The molecule has 0 radical (unpaired) electrons. The van der Waals surface area contributed by atoms with Gasteiger partial charge in [0.15, 0.2) is 0 Å². The zero-order chi connectivity index (χ0) is 17.4. The van der Waals surface area contributed by atoms with Crippen LogP contribution >= 0.6 is 11.3 Å². The van der Waals surface area contributed by atoms with Crippen molar-refractivity contribution in [1.29, 1.82) is 0 Å². The van der Waals surface area contributed by atoms with Crippen molar-refractivity contribution in [2.75, 3.05) is 6.54 Å². The predicted octanol–water partition coefficient (Wildman–Crippen LogP) is 2.86. The Morgan fingerprint density at radius 2 is 2.00 bits per heavy atom. The second-order valence-electron chi connectivity index (χ2n) is 5.14.